The fraction of sp³-hybridized carbons (Fsp3) is 0.778. The number of nitrogens with two attached hydrogens (primary N) is 1. The number of thioether (sulfide) groups is 1. The first kappa shape index (κ1) is 20.2. The van der Waals surface area contributed by atoms with Crippen molar-refractivity contribution in [2.24, 2.45) is 23.0 Å². The van der Waals surface area contributed by atoms with Gasteiger partial charge in [0.25, 0.3) is 0 Å². The Hall–Kier alpha value is -0.810. The number of carbonyl (C=O) groups excluding carboxylic acids is 2. The van der Waals surface area contributed by atoms with E-state index in [0.717, 1.165) is 6.42 Å². The maximum Gasteiger partial charge on any atom is 0.323 e. The molecule has 1 aliphatic carbocycles. The molecule has 4 nitrogen and oxygen atoms in total. The van der Waals surface area contributed by atoms with Crippen LogP contribution in [0.1, 0.15) is 47.5 Å². The third-order valence-corrected chi connectivity index (χ3v) is 5.72. The van der Waals surface area contributed by atoms with Crippen LogP contribution in [0.15, 0.2) is 12.2 Å². The van der Waals surface area contributed by atoms with Crippen LogP contribution in [0.3, 0.4) is 0 Å². The average Bonchev–Trinajstić information content (AvgIpc) is 2.43. The van der Waals surface area contributed by atoms with Crippen LogP contribution in [0.5, 0.6) is 0 Å². The highest BCUT2D eigenvalue weighted by Gasteiger charge is 2.39. The van der Waals surface area contributed by atoms with Crippen LogP contribution in [-0.4, -0.2) is 35.4 Å². The van der Waals surface area contributed by atoms with Gasteiger partial charge in [0.2, 0.25) is 0 Å². The summed E-state index contributed by atoms with van der Waals surface area (Å²) in [4.78, 5) is 24.3. The molecule has 2 N–H and O–H groups in total. The van der Waals surface area contributed by atoms with E-state index in [1.54, 1.807) is 18.7 Å². The Morgan fingerprint density at radius 2 is 2.09 bits per heavy atom. The molecule has 0 fully saturated rings. The van der Waals surface area contributed by atoms with Gasteiger partial charge in [-0.25, -0.2) is 0 Å². The van der Waals surface area contributed by atoms with Gasteiger partial charge in [0.05, 0.1) is 6.61 Å². The highest BCUT2D eigenvalue weighted by Crippen LogP contribution is 2.42. The van der Waals surface area contributed by atoms with Gasteiger partial charge in [-0.3, -0.25) is 9.59 Å². The van der Waals surface area contributed by atoms with E-state index >= 15 is 0 Å². The summed E-state index contributed by atoms with van der Waals surface area (Å²) >= 11 is 1.57. The molecule has 23 heavy (non-hydrogen) atoms. The lowest BCUT2D eigenvalue weighted by Gasteiger charge is -2.39. The van der Waals surface area contributed by atoms with Crippen molar-refractivity contribution >= 4 is 23.5 Å². The van der Waals surface area contributed by atoms with Gasteiger partial charge < -0.3 is 10.5 Å². The SMILES string of the molecule is CCOC(=O)C(N)CSC(C)CC(=O)C1C(C)C=CCC1(C)C. The Morgan fingerprint density at radius 3 is 2.65 bits per heavy atom. The normalized spacial score (nSPS) is 25.7. The molecule has 132 valence electrons. The summed E-state index contributed by atoms with van der Waals surface area (Å²) in [5.74, 6) is 0.776. The summed E-state index contributed by atoms with van der Waals surface area (Å²) in [7, 11) is 0. The molecule has 0 aromatic carbocycles. The number of allylic oxidation sites excluding steroid dienone is 2. The molecular formula is C18H31NO3S. The minimum Gasteiger partial charge on any atom is -0.465 e. The van der Waals surface area contributed by atoms with Gasteiger partial charge in [-0.1, -0.05) is 39.8 Å². The number of esters is 1. The number of hydrogen-bond donors (Lipinski definition) is 1. The molecule has 1 rings (SSSR count). The second-order valence-electron chi connectivity index (χ2n) is 7.13. The Bertz CT molecular complexity index is 448. The molecule has 5 heteroatoms. The molecule has 0 aromatic heterocycles. The van der Waals surface area contributed by atoms with Crippen LogP contribution in [0.4, 0.5) is 0 Å². The molecule has 1 aliphatic rings. The highest BCUT2D eigenvalue weighted by atomic mass is 32.2. The zero-order valence-electron chi connectivity index (χ0n) is 15.0. The summed E-state index contributed by atoms with van der Waals surface area (Å²) in [5.41, 5.74) is 5.81. The molecule has 0 saturated carbocycles. The first-order chi connectivity index (χ1) is 10.7. The molecule has 0 amide bonds. The fourth-order valence-electron chi connectivity index (χ4n) is 3.32. The van der Waals surface area contributed by atoms with Crippen molar-refractivity contribution in [1.82, 2.24) is 0 Å². The van der Waals surface area contributed by atoms with Crippen LogP contribution in [0.2, 0.25) is 0 Å². The lowest BCUT2D eigenvalue weighted by molar-refractivity contribution is -0.144. The molecule has 0 radical (unpaired) electrons. The number of Topliss-reactive ketones (excluding diaryl/α,β-unsaturated/α-hetero) is 1. The lowest BCUT2D eigenvalue weighted by Crippen LogP contribution is -2.38. The number of hydrogen-bond acceptors (Lipinski definition) is 5. The molecule has 0 saturated heterocycles. The average molecular weight is 342 g/mol. The van der Waals surface area contributed by atoms with Crippen molar-refractivity contribution in [3.8, 4) is 0 Å². The predicted molar refractivity (Wildman–Crippen MR) is 96.3 cm³/mol. The van der Waals surface area contributed by atoms with Crippen molar-refractivity contribution < 1.29 is 14.3 Å². The molecule has 0 heterocycles. The minimum absolute atomic E-state index is 0.0109. The van der Waals surface area contributed by atoms with Crippen LogP contribution in [-0.2, 0) is 14.3 Å². The molecule has 0 aromatic rings. The van der Waals surface area contributed by atoms with Crippen LogP contribution in [0, 0.1) is 17.3 Å². The lowest BCUT2D eigenvalue weighted by atomic mass is 9.65. The molecule has 0 spiro atoms. The standard InChI is InChI=1S/C18H31NO3S/c1-6-22-17(21)14(19)11-23-13(3)10-15(20)16-12(2)8-7-9-18(16,4)5/h7-8,12-14,16H,6,9-11,19H2,1-5H3. The maximum absolute atomic E-state index is 12.7. The number of carbonyl (C=O) groups is 2. The summed E-state index contributed by atoms with van der Waals surface area (Å²) < 4.78 is 4.90. The van der Waals surface area contributed by atoms with Gasteiger partial charge in [0, 0.05) is 23.3 Å². The van der Waals surface area contributed by atoms with Crippen LogP contribution in [0.25, 0.3) is 0 Å². The van der Waals surface area contributed by atoms with Crippen molar-refractivity contribution in [3.63, 3.8) is 0 Å². The summed E-state index contributed by atoms with van der Waals surface area (Å²) in [6.45, 7) is 10.6. The van der Waals surface area contributed by atoms with Gasteiger partial charge in [-0.15, -0.1) is 0 Å². The van der Waals surface area contributed by atoms with Crippen molar-refractivity contribution in [2.75, 3.05) is 12.4 Å². The first-order valence-corrected chi connectivity index (χ1v) is 9.47. The van der Waals surface area contributed by atoms with Gasteiger partial charge in [-0.2, -0.15) is 11.8 Å². The van der Waals surface area contributed by atoms with Gasteiger partial charge in [0.15, 0.2) is 0 Å². The topological polar surface area (TPSA) is 69.4 Å². The maximum atomic E-state index is 12.7. The monoisotopic (exact) mass is 341 g/mol. The van der Waals surface area contributed by atoms with E-state index in [1.165, 1.54) is 0 Å². The minimum atomic E-state index is -0.620. The Labute approximate surface area is 144 Å². The molecular weight excluding hydrogens is 310 g/mol. The first-order valence-electron chi connectivity index (χ1n) is 8.42. The van der Waals surface area contributed by atoms with Crippen molar-refractivity contribution in [2.45, 2.75) is 58.8 Å². The highest BCUT2D eigenvalue weighted by molar-refractivity contribution is 7.99. The van der Waals surface area contributed by atoms with E-state index in [1.807, 2.05) is 6.92 Å². The number of ketones is 1. The Kier molecular flexibility index (Phi) is 7.81. The zero-order chi connectivity index (χ0) is 17.6. The summed E-state index contributed by atoms with van der Waals surface area (Å²) in [6.07, 6.45) is 5.81. The van der Waals surface area contributed by atoms with E-state index < -0.39 is 6.04 Å². The largest absolute Gasteiger partial charge is 0.465 e. The molecule has 4 unspecified atom stereocenters. The number of ether oxygens (including phenoxy) is 1. The summed E-state index contributed by atoms with van der Waals surface area (Å²) in [5, 5.41) is 0.150. The smallest absolute Gasteiger partial charge is 0.323 e. The van der Waals surface area contributed by atoms with Crippen LogP contribution >= 0.6 is 11.8 Å². The van der Waals surface area contributed by atoms with Crippen LogP contribution < -0.4 is 5.73 Å². The Morgan fingerprint density at radius 1 is 1.43 bits per heavy atom. The third-order valence-electron chi connectivity index (χ3n) is 4.44. The third kappa shape index (κ3) is 5.96. The second-order valence-corrected chi connectivity index (χ2v) is 8.60. The second kappa shape index (κ2) is 8.88. The van der Waals surface area contributed by atoms with E-state index in [0.29, 0.717) is 24.6 Å². The van der Waals surface area contributed by atoms with Crippen molar-refractivity contribution in [3.05, 3.63) is 12.2 Å². The Balaban J connectivity index is 2.50. The molecule has 4 atom stereocenters. The zero-order valence-corrected chi connectivity index (χ0v) is 15.8. The van der Waals surface area contributed by atoms with Gasteiger partial charge in [0.1, 0.15) is 11.8 Å². The van der Waals surface area contributed by atoms with Crippen molar-refractivity contribution in [1.29, 1.82) is 0 Å². The molecule has 0 aliphatic heterocycles. The number of rotatable bonds is 8. The van der Waals surface area contributed by atoms with E-state index in [2.05, 4.69) is 32.9 Å². The van der Waals surface area contributed by atoms with E-state index in [9.17, 15) is 9.59 Å². The predicted octanol–water partition coefficient (Wildman–Crippen LogP) is 3.20. The van der Waals surface area contributed by atoms with E-state index in [-0.39, 0.29) is 28.5 Å². The van der Waals surface area contributed by atoms with Gasteiger partial charge >= 0.3 is 5.97 Å². The van der Waals surface area contributed by atoms with E-state index in [4.69, 9.17) is 10.5 Å². The molecule has 0 bridgehead atoms. The van der Waals surface area contributed by atoms with Gasteiger partial charge in [-0.05, 0) is 24.7 Å². The quantitative estimate of drug-likeness (QED) is 0.542. The fourth-order valence-corrected chi connectivity index (χ4v) is 4.27. The summed E-state index contributed by atoms with van der Waals surface area (Å²) in [6, 6.07) is -0.620.